The highest BCUT2D eigenvalue weighted by Crippen LogP contribution is 2.05. The maximum atomic E-state index is 11.6. The van der Waals surface area contributed by atoms with Crippen LogP contribution >= 0.6 is 11.6 Å². The van der Waals surface area contributed by atoms with Crippen molar-refractivity contribution in [2.75, 3.05) is 12.4 Å². The Balaban J connectivity index is 4.06. The summed E-state index contributed by atoms with van der Waals surface area (Å²) in [6.07, 6.45) is 1.58. The lowest BCUT2D eigenvalue weighted by molar-refractivity contribution is -0.132. The first kappa shape index (κ1) is 13.2. The van der Waals surface area contributed by atoms with Crippen LogP contribution in [0.3, 0.4) is 0 Å². The Morgan fingerprint density at radius 2 is 2.21 bits per heavy atom. The lowest BCUT2D eigenvalue weighted by atomic mass is 10.2. The van der Waals surface area contributed by atoms with Crippen LogP contribution in [-0.4, -0.2) is 29.3 Å². The Labute approximate surface area is 90.6 Å². The van der Waals surface area contributed by atoms with E-state index in [2.05, 4.69) is 0 Å². The molecule has 0 aromatic heterocycles. The normalized spacial score (nSPS) is 9.93. The molecule has 4 heteroatoms. The second kappa shape index (κ2) is 7.64. The molecule has 0 rings (SSSR count). The number of alkyl halides is 1. The third-order valence-electron chi connectivity index (χ3n) is 1.93. The number of halogens is 1. The minimum Gasteiger partial charge on any atom is -0.339 e. The molecule has 1 amide bonds. The molecule has 0 aliphatic carbocycles. The van der Waals surface area contributed by atoms with E-state index in [1.54, 1.807) is 4.90 Å². The molecule has 0 unspecified atom stereocenters. The van der Waals surface area contributed by atoms with Crippen molar-refractivity contribution in [3.63, 3.8) is 0 Å². The van der Waals surface area contributed by atoms with E-state index < -0.39 is 0 Å². The molecule has 0 aliphatic rings. The highest BCUT2D eigenvalue weighted by Gasteiger charge is 2.15. The summed E-state index contributed by atoms with van der Waals surface area (Å²) in [7, 11) is 0. The predicted octanol–water partition coefficient (Wildman–Crippen LogP) is 2.16. The Morgan fingerprint density at radius 1 is 1.57 bits per heavy atom. The predicted molar refractivity (Wildman–Crippen MR) is 57.0 cm³/mol. The molecule has 0 saturated carbocycles. The number of carbonyl (C=O) groups is 1. The van der Waals surface area contributed by atoms with E-state index in [-0.39, 0.29) is 11.9 Å². The summed E-state index contributed by atoms with van der Waals surface area (Å²) in [5.74, 6) is 0.603. The molecule has 0 heterocycles. The van der Waals surface area contributed by atoms with Gasteiger partial charge in [0.05, 0.1) is 12.5 Å². The van der Waals surface area contributed by atoms with Gasteiger partial charge in [0, 0.05) is 24.9 Å². The van der Waals surface area contributed by atoms with Gasteiger partial charge in [0.25, 0.3) is 0 Å². The third kappa shape index (κ3) is 5.08. The SMILES string of the molecule is CC(C)N(CCC#N)C(=O)CCCCl. The van der Waals surface area contributed by atoms with Crippen molar-refractivity contribution in [3.8, 4) is 6.07 Å². The van der Waals surface area contributed by atoms with Gasteiger partial charge in [0.1, 0.15) is 0 Å². The van der Waals surface area contributed by atoms with Crippen LogP contribution in [0.2, 0.25) is 0 Å². The second-order valence-corrected chi connectivity index (χ2v) is 3.76. The number of nitrogens with zero attached hydrogens (tertiary/aromatic N) is 2. The Kier molecular flexibility index (Phi) is 7.23. The largest absolute Gasteiger partial charge is 0.339 e. The molecule has 3 nitrogen and oxygen atoms in total. The van der Waals surface area contributed by atoms with E-state index in [9.17, 15) is 4.79 Å². The van der Waals surface area contributed by atoms with E-state index >= 15 is 0 Å². The standard InChI is InChI=1S/C10H17ClN2O/c1-9(2)13(8-4-7-12)10(14)5-3-6-11/h9H,3-6,8H2,1-2H3. The van der Waals surface area contributed by atoms with Gasteiger partial charge in [0.2, 0.25) is 5.91 Å². The molecule has 0 aromatic rings. The van der Waals surface area contributed by atoms with Gasteiger partial charge in [-0.25, -0.2) is 0 Å². The summed E-state index contributed by atoms with van der Waals surface area (Å²) in [5, 5.41) is 8.45. The Morgan fingerprint density at radius 3 is 2.64 bits per heavy atom. The zero-order valence-electron chi connectivity index (χ0n) is 8.79. The van der Waals surface area contributed by atoms with E-state index in [1.807, 2.05) is 19.9 Å². The van der Waals surface area contributed by atoms with Gasteiger partial charge in [0.15, 0.2) is 0 Å². The molecule has 0 N–H and O–H groups in total. The average Bonchev–Trinajstić information content (AvgIpc) is 2.14. The Bertz CT molecular complexity index is 211. The van der Waals surface area contributed by atoms with Gasteiger partial charge in [-0.2, -0.15) is 5.26 Å². The van der Waals surface area contributed by atoms with Crippen molar-refractivity contribution in [3.05, 3.63) is 0 Å². The molecule has 0 aromatic carbocycles. The number of nitriles is 1. The number of rotatable bonds is 6. The van der Waals surface area contributed by atoms with Gasteiger partial charge < -0.3 is 4.90 Å². The fourth-order valence-electron chi connectivity index (χ4n) is 1.20. The molecule has 0 bridgehead atoms. The first-order valence-electron chi connectivity index (χ1n) is 4.85. The quantitative estimate of drug-likeness (QED) is 0.639. The number of hydrogen-bond acceptors (Lipinski definition) is 2. The monoisotopic (exact) mass is 216 g/mol. The lowest BCUT2D eigenvalue weighted by Gasteiger charge is -2.25. The average molecular weight is 217 g/mol. The van der Waals surface area contributed by atoms with Crippen LogP contribution in [0.4, 0.5) is 0 Å². The maximum absolute atomic E-state index is 11.6. The first-order chi connectivity index (χ1) is 6.63. The van der Waals surface area contributed by atoms with Crippen molar-refractivity contribution in [2.24, 2.45) is 0 Å². The molecule has 0 saturated heterocycles. The van der Waals surface area contributed by atoms with Crippen molar-refractivity contribution < 1.29 is 4.79 Å². The summed E-state index contributed by atoms with van der Waals surface area (Å²) >= 11 is 5.51. The molecule has 0 fully saturated rings. The molecular weight excluding hydrogens is 200 g/mol. The lowest BCUT2D eigenvalue weighted by Crippen LogP contribution is -2.37. The summed E-state index contributed by atoms with van der Waals surface area (Å²) in [5.41, 5.74) is 0. The molecule has 0 aliphatic heterocycles. The molecule has 0 radical (unpaired) electrons. The zero-order valence-corrected chi connectivity index (χ0v) is 9.55. The van der Waals surface area contributed by atoms with E-state index in [0.717, 1.165) is 0 Å². The van der Waals surface area contributed by atoms with E-state index in [4.69, 9.17) is 16.9 Å². The molecule has 80 valence electrons. The van der Waals surface area contributed by atoms with Crippen molar-refractivity contribution >= 4 is 17.5 Å². The van der Waals surface area contributed by atoms with Crippen LogP contribution in [0.1, 0.15) is 33.1 Å². The van der Waals surface area contributed by atoms with Crippen LogP contribution in [0.15, 0.2) is 0 Å². The third-order valence-corrected chi connectivity index (χ3v) is 2.20. The van der Waals surface area contributed by atoms with Gasteiger partial charge >= 0.3 is 0 Å². The van der Waals surface area contributed by atoms with Gasteiger partial charge in [-0.3, -0.25) is 4.79 Å². The summed E-state index contributed by atoms with van der Waals surface area (Å²) in [6, 6.07) is 2.20. The second-order valence-electron chi connectivity index (χ2n) is 3.38. The number of hydrogen-bond donors (Lipinski definition) is 0. The molecule has 0 spiro atoms. The van der Waals surface area contributed by atoms with Crippen LogP contribution in [-0.2, 0) is 4.79 Å². The van der Waals surface area contributed by atoms with Gasteiger partial charge in [-0.05, 0) is 20.3 Å². The van der Waals surface area contributed by atoms with E-state index in [0.29, 0.717) is 31.7 Å². The van der Waals surface area contributed by atoms with Crippen molar-refractivity contribution in [1.29, 1.82) is 5.26 Å². The van der Waals surface area contributed by atoms with Crippen LogP contribution in [0.25, 0.3) is 0 Å². The van der Waals surface area contributed by atoms with Crippen LogP contribution in [0, 0.1) is 11.3 Å². The number of carbonyl (C=O) groups excluding carboxylic acids is 1. The van der Waals surface area contributed by atoms with Crippen molar-refractivity contribution in [2.45, 2.75) is 39.2 Å². The van der Waals surface area contributed by atoms with Gasteiger partial charge in [-0.15, -0.1) is 11.6 Å². The Hall–Kier alpha value is -0.750. The fraction of sp³-hybridized carbons (Fsp3) is 0.800. The minimum atomic E-state index is 0.0934. The van der Waals surface area contributed by atoms with Crippen LogP contribution in [0.5, 0.6) is 0 Å². The van der Waals surface area contributed by atoms with Gasteiger partial charge in [-0.1, -0.05) is 0 Å². The zero-order chi connectivity index (χ0) is 11.0. The summed E-state index contributed by atoms with van der Waals surface area (Å²) in [4.78, 5) is 13.3. The molecule has 0 atom stereocenters. The number of amides is 1. The fourth-order valence-corrected chi connectivity index (χ4v) is 1.34. The first-order valence-corrected chi connectivity index (χ1v) is 5.39. The van der Waals surface area contributed by atoms with Crippen LogP contribution < -0.4 is 0 Å². The van der Waals surface area contributed by atoms with Crippen molar-refractivity contribution in [1.82, 2.24) is 4.90 Å². The topological polar surface area (TPSA) is 44.1 Å². The smallest absolute Gasteiger partial charge is 0.222 e. The molecule has 14 heavy (non-hydrogen) atoms. The maximum Gasteiger partial charge on any atom is 0.222 e. The highest BCUT2D eigenvalue weighted by molar-refractivity contribution is 6.17. The minimum absolute atomic E-state index is 0.0934. The highest BCUT2D eigenvalue weighted by atomic mass is 35.5. The molecular formula is C10H17ClN2O. The van der Waals surface area contributed by atoms with E-state index in [1.165, 1.54) is 0 Å². The summed E-state index contributed by atoms with van der Waals surface area (Å²) in [6.45, 7) is 4.43. The summed E-state index contributed by atoms with van der Waals surface area (Å²) < 4.78 is 0.